The van der Waals surface area contributed by atoms with Gasteiger partial charge < -0.3 is 4.74 Å². The third kappa shape index (κ3) is 4.30. The quantitative estimate of drug-likeness (QED) is 0.417. The molecular formula is C14H18O2. The summed E-state index contributed by atoms with van der Waals surface area (Å²) in [5.41, 5.74) is 2.17. The van der Waals surface area contributed by atoms with Gasteiger partial charge in [0.15, 0.2) is 0 Å². The van der Waals surface area contributed by atoms with Gasteiger partial charge in [0, 0.05) is 0 Å². The van der Waals surface area contributed by atoms with Gasteiger partial charge in [0.25, 0.3) is 0 Å². The lowest BCUT2D eigenvalue weighted by molar-refractivity contribution is -0.142. The number of aryl methyl sites for hydroxylation is 1. The van der Waals surface area contributed by atoms with Crippen molar-refractivity contribution in [3.63, 3.8) is 0 Å². The van der Waals surface area contributed by atoms with Gasteiger partial charge >= 0.3 is 5.97 Å². The summed E-state index contributed by atoms with van der Waals surface area (Å²) in [7, 11) is 0. The fourth-order valence-corrected chi connectivity index (χ4v) is 1.43. The molecule has 16 heavy (non-hydrogen) atoms. The van der Waals surface area contributed by atoms with E-state index in [1.54, 1.807) is 0 Å². The van der Waals surface area contributed by atoms with Gasteiger partial charge in [-0.15, -0.1) is 6.58 Å². The molecular weight excluding hydrogens is 200 g/mol. The Morgan fingerprint density at radius 3 is 2.88 bits per heavy atom. The van der Waals surface area contributed by atoms with Gasteiger partial charge in [-0.25, -0.2) is 0 Å². The average molecular weight is 218 g/mol. The first-order valence-electron chi connectivity index (χ1n) is 5.55. The van der Waals surface area contributed by atoms with Crippen LogP contribution in [0.5, 0.6) is 0 Å². The van der Waals surface area contributed by atoms with Crippen molar-refractivity contribution in [2.24, 2.45) is 0 Å². The second-order valence-electron chi connectivity index (χ2n) is 3.75. The maximum Gasteiger partial charge on any atom is 0.310 e. The van der Waals surface area contributed by atoms with Gasteiger partial charge in [-0.05, 0) is 30.9 Å². The zero-order valence-corrected chi connectivity index (χ0v) is 9.74. The summed E-state index contributed by atoms with van der Waals surface area (Å²) in [6, 6.07) is 7.86. The molecule has 0 bridgehead atoms. The maximum absolute atomic E-state index is 11.5. The molecule has 0 fully saturated rings. The van der Waals surface area contributed by atoms with E-state index < -0.39 is 0 Å². The van der Waals surface area contributed by atoms with E-state index in [1.807, 2.05) is 37.3 Å². The molecule has 2 nitrogen and oxygen atoms in total. The molecule has 0 saturated carbocycles. The molecule has 0 N–H and O–H groups in total. The Kier molecular flexibility index (Phi) is 5.34. The fraction of sp³-hybridized carbons (Fsp3) is 0.357. The standard InChI is InChI=1S/C14H18O2/c1-3-4-7-10-16-14(15)11-13-9-6-5-8-12(13)2/h3,5-6,8-9H,1,4,7,10-11H2,2H3. The third-order valence-corrected chi connectivity index (χ3v) is 2.41. The number of unbranched alkanes of at least 4 members (excludes halogenated alkanes) is 1. The monoisotopic (exact) mass is 218 g/mol. The number of carbonyl (C=O) groups is 1. The molecule has 2 heteroatoms. The molecule has 0 aliphatic carbocycles. The second-order valence-corrected chi connectivity index (χ2v) is 3.75. The van der Waals surface area contributed by atoms with E-state index in [9.17, 15) is 4.79 Å². The molecule has 1 aromatic rings. The average Bonchev–Trinajstić information content (AvgIpc) is 2.28. The number of hydrogen-bond donors (Lipinski definition) is 0. The van der Waals surface area contributed by atoms with E-state index in [4.69, 9.17) is 4.74 Å². The van der Waals surface area contributed by atoms with Gasteiger partial charge in [0.05, 0.1) is 13.0 Å². The molecule has 86 valence electrons. The molecule has 0 unspecified atom stereocenters. The Bertz CT molecular complexity index is 356. The maximum atomic E-state index is 11.5. The molecule has 0 heterocycles. The van der Waals surface area contributed by atoms with Crippen LogP contribution in [0.25, 0.3) is 0 Å². The van der Waals surface area contributed by atoms with Crippen molar-refractivity contribution in [1.82, 2.24) is 0 Å². The molecule has 0 spiro atoms. The highest BCUT2D eigenvalue weighted by Gasteiger charge is 2.05. The van der Waals surface area contributed by atoms with E-state index in [2.05, 4.69) is 6.58 Å². The number of hydrogen-bond acceptors (Lipinski definition) is 2. The molecule has 1 aromatic carbocycles. The van der Waals surface area contributed by atoms with Crippen LogP contribution in [0.15, 0.2) is 36.9 Å². The van der Waals surface area contributed by atoms with Gasteiger partial charge in [0.1, 0.15) is 0 Å². The normalized spacial score (nSPS) is 9.81. The number of carbonyl (C=O) groups excluding carboxylic acids is 1. The Hall–Kier alpha value is -1.57. The van der Waals surface area contributed by atoms with Crippen LogP contribution in [0.2, 0.25) is 0 Å². The van der Waals surface area contributed by atoms with Crippen LogP contribution < -0.4 is 0 Å². The van der Waals surface area contributed by atoms with Crippen molar-refractivity contribution in [2.45, 2.75) is 26.2 Å². The van der Waals surface area contributed by atoms with Crippen LogP contribution >= 0.6 is 0 Å². The topological polar surface area (TPSA) is 26.3 Å². The lowest BCUT2D eigenvalue weighted by atomic mass is 10.1. The second kappa shape index (κ2) is 6.83. The van der Waals surface area contributed by atoms with Crippen molar-refractivity contribution in [3.05, 3.63) is 48.0 Å². The highest BCUT2D eigenvalue weighted by Crippen LogP contribution is 2.08. The Morgan fingerprint density at radius 2 is 2.19 bits per heavy atom. The van der Waals surface area contributed by atoms with Crippen LogP contribution in [0.4, 0.5) is 0 Å². The summed E-state index contributed by atoms with van der Waals surface area (Å²) >= 11 is 0. The molecule has 0 aliphatic heterocycles. The lowest BCUT2D eigenvalue weighted by Crippen LogP contribution is -2.09. The predicted octanol–water partition coefficient (Wildman–Crippen LogP) is 3.05. The highest BCUT2D eigenvalue weighted by molar-refractivity contribution is 5.73. The minimum atomic E-state index is -0.154. The Balaban J connectivity index is 2.34. The summed E-state index contributed by atoms with van der Waals surface area (Å²) in [4.78, 5) is 11.5. The first-order chi connectivity index (χ1) is 7.74. The number of ether oxygens (including phenoxy) is 1. The molecule has 0 aromatic heterocycles. The molecule has 1 rings (SSSR count). The third-order valence-electron chi connectivity index (χ3n) is 2.41. The van der Waals surface area contributed by atoms with E-state index >= 15 is 0 Å². The van der Waals surface area contributed by atoms with Crippen LogP contribution in [-0.4, -0.2) is 12.6 Å². The van der Waals surface area contributed by atoms with Crippen molar-refractivity contribution in [2.75, 3.05) is 6.61 Å². The number of rotatable bonds is 6. The summed E-state index contributed by atoms with van der Waals surface area (Å²) in [6.07, 6.45) is 3.93. The minimum absolute atomic E-state index is 0.154. The van der Waals surface area contributed by atoms with Crippen molar-refractivity contribution in [3.8, 4) is 0 Å². The summed E-state index contributed by atoms with van der Waals surface area (Å²) < 4.78 is 5.12. The van der Waals surface area contributed by atoms with Crippen LogP contribution in [0.3, 0.4) is 0 Å². The summed E-state index contributed by atoms with van der Waals surface area (Å²) in [5, 5.41) is 0. The Morgan fingerprint density at radius 1 is 1.44 bits per heavy atom. The van der Waals surface area contributed by atoms with Gasteiger partial charge in [-0.2, -0.15) is 0 Å². The van der Waals surface area contributed by atoms with Crippen LogP contribution in [0.1, 0.15) is 24.0 Å². The summed E-state index contributed by atoms with van der Waals surface area (Å²) in [5.74, 6) is -0.154. The number of allylic oxidation sites excluding steroid dienone is 1. The van der Waals surface area contributed by atoms with Gasteiger partial charge in [-0.1, -0.05) is 30.3 Å². The van der Waals surface area contributed by atoms with E-state index in [0.717, 1.165) is 24.0 Å². The summed E-state index contributed by atoms with van der Waals surface area (Å²) in [6.45, 7) is 6.10. The number of benzene rings is 1. The van der Waals surface area contributed by atoms with E-state index in [0.29, 0.717) is 13.0 Å². The van der Waals surface area contributed by atoms with Gasteiger partial charge in [0.2, 0.25) is 0 Å². The molecule has 0 amide bonds. The minimum Gasteiger partial charge on any atom is -0.465 e. The number of esters is 1. The fourth-order valence-electron chi connectivity index (χ4n) is 1.43. The van der Waals surface area contributed by atoms with E-state index in [-0.39, 0.29) is 5.97 Å². The Labute approximate surface area is 96.9 Å². The van der Waals surface area contributed by atoms with Gasteiger partial charge in [-0.3, -0.25) is 4.79 Å². The largest absolute Gasteiger partial charge is 0.465 e. The molecule has 0 atom stereocenters. The first kappa shape index (κ1) is 12.5. The molecule has 0 saturated heterocycles. The lowest BCUT2D eigenvalue weighted by Gasteiger charge is -2.06. The van der Waals surface area contributed by atoms with Crippen LogP contribution in [0, 0.1) is 6.92 Å². The zero-order valence-electron chi connectivity index (χ0n) is 9.74. The van der Waals surface area contributed by atoms with E-state index in [1.165, 1.54) is 0 Å². The van der Waals surface area contributed by atoms with Crippen molar-refractivity contribution >= 4 is 5.97 Å². The van der Waals surface area contributed by atoms with Crippen molar-refractivity contribution < 1.29 is 9.53 Å². The SMILES string of the molecule is C=CCCCOC(=O)Cc1ccccc1C. The highest BCUT2D eigenvalue weighted by atomic mass is 16.5. The predicted molar refractivity (Wildman–Crippen MR) is 65.3 cm³/mol. The molecule has 0 aliphatic rings. The van der Waals surface area contributed by atoms with Crippen LogP contribution in [-0.2, 0) is 16.0 Å². The first-order valence-corrected chi connectivity index (χ1v) is 5.55. The molecule has 0 radical (unpaired) electrons. The zero-order chi connectivity index (χ0) is 11.8. The smallest absolute Gasteiger partial charge is 0.310 e. The van der Waals surface area contributed by atoms with Crippen molar-refractivity contribution in [1.29, 1.82) is 0 Å².